The summed E-state index contributed by atoms with van der Waals surface area (Å²) in [7, 11) is 1.66. The number of rotatable bonds is 6. The summed E-state index contributed by atoms with van der Waals surface area (Å²) < 4.78 is 5.37. The number of ether oxygens (including phenoxy) is 1. The molecule has 0 heterocycles. The van der Waals surface area contributed by atoms with Gasteiger partial charge in [-0.15, -0.1) is 0 Å². The summed E-state index contributed by atoms with van der Waals surface area (Å²) in [5, 5.41) is 10.5. The highest BCUT2D eigenvalue weighted by Crippen LogP contribution is 2.42. The third-order valence-electron chi connectivity index (χ3n) is 4.11. The molecule has 1 fully saturated rings. The Morgan fingerprint density at radius 2 is 2.06 bits per heavy atom. The van der Waals surface area contributed by atoms with Crippen molar-refractivity contribution < 1.29 is 9.84 Å². The lowest BCUT2D eigenvalue weighted by Gasteiger charge is -2.28. The van der Waals surface area contributed by atoms with E-state index in [0.717, 1.165) is 11.3 Å². The third kappa shape index (κ3) is 2.68. The van der Waals surface area contributed by atoms with Crippen LogP contribution in [0.25, 0.3) is 0 Å². The Hall–Kier alpha value is -1.06. The van der Waals surface area contributed by atoms with E-state index in [1.54, 1.807) is 7.11 Å². The molecular weight excluding hydrogens is 226 g/mol. The zero-order valence-electron chi connectivity index (χ0n) is 11.2. The second-order valence-corrected chi connectivity index (χ2v) is 5.27. The smallest absolute Gasteiger partial charge is 0.122 e. The molecule has 3 atom stereocenters. The molecule has 3 heteroatoms. The summed E-state index contributed by atoms with van der Waals surface area (Å²) in [6.07, 6.45) is 2.09. The van der Waals surface area contributed by atoms with Crippen LogP contribution in [0.5, 0.6) is 5.75 Å². The molecule has 3 unspecified atom stereocenters. The van der Waals surface area contributed by atoms with Gasteiger partial charge in [-0.1, -0.05) is 25.1 Å². The quantitative estimate of drug-likeness (QED) is 0.812. The molecule has 1 saturated carbocycles. The van der Waals surface area contributed by atoms with E-state index in [0.29, 0.717) is 18.4 Å². The van der Waals surface area contributed by atoms with Crippen LogP contribution in [0, 0.1) is 11.8 Å². The second kappa shape index (κ2) is 5.72. The molecule has 3 nitrogen and oxygen atoms in total. The number of benzene rings is 1. The van der Waals surface area contributed by atoms with E-state index in [-0.39, 0.29) is 5.92 Å². The summed E-state index contributed by atoms with van der Waals surface area (Å²) in [6, 6.07) is 7.83. The molecule has 0 aliphatic heterocycles. The van der Waals surface area contributed by atoms with E-state index in [4.69, 9.17) is 10.5 Å². The van der Waals surface area contributed by atoms with Crippen LogP contribution in [0.2, 0.25) is 0 Å². The van der Waals surface area contributed by atoms with Gasteiger partial charge in [-0.3, -0.25) is 0 Å². The number of methoxy groups -OCH3 is 1. The largest absolute Gasteiger partial charge is 0.496 e. The molecular formula is C15H23NO2. The predicted molar refractivity (Wildman–Crippen MR) is 72.7 cm³/mol. The molecule has 0 aromatic heterocycles. The number of aliphatic hydroxyl groups excluding tert-OH is 1. The third-order valence-corrected chi connectivity index (χ3v) is 4.11. The summed E-state index contributed by atoms with van der Waals surface area (Å²) in [5.41, 5.74) is 6.89. The van der Waals surface area contributed by atoms with Crippen LogP contribution >= 0.6 is 0 Å². The first kappa shape index (κ1) is 13.4. The molecule has 0 amide bonds. The van der Waals surface area contributed by atoms with Gasteiger partial charge in [0.1, 0.15) is 5.75 Å². The first-order valence-corrected chi connectivity index (χ1v) is 6.70. The molecule has 0 spiro atoms. The fourth-order valence-corrected chi connectivity index (χ4v) is 2.69. The lowest BCUT2D eigenvalue weighted by molar-refractivity contribution is 0.0792. The topological polar surface area (TPSA) is 55.5 Å². The lowest BCUT2D eigenvalue weighted by Crippen LogP contribution is -2.32. The van der Waals surface area contributed by atoms with E-state index in [9.17, 15) is 5.11 Å². The number of hydrogen-bond donors (Lipinski definition) is 2. The van der Waals surface area contributed by atoms with E-state index in [1.165, 1.54) is 12.8 Å². The van der Waals surface area contributed by atoms with Gasteiger partial charge in [-0.25, -0.2) is 0 Å². The predicted octanol–water partition coefficient (Wildman–Crippen LogP) is 2.14. The Labute approximate surface area is 109 Å². The van der Waals surface area contributed by atoms with Crippen molar-refractivity contribution in [1.82, 2.24) is 0 Å². The highest BCUT2D eigenvalue weighted by molar-refractivity contribution is 5.37. The van der Waals surface area contributed by atoms with Gasteiger partial charge in [0.15, 0.2) is 0 Å². The number of nitrogens with two attached hydrogens (primary N) is 1. The SMILES string of the molecule is COc1ccccc1C(CN)C(O)C(C)C1CC1. The molecule has 2 rings (SSSR count). The minimum atomic E-state index is -0.390. The summed E-state index contributed by atoms with van der Waals surface area (Å²) >= 11 is 0. The van der Waals surface area contributed by atoms with Crippen LogP contribution in [-0.4, -0.2) is 24.9 Å². The molecule has 0 radical (unpaired) electrons. The minimum Gasteiger partial charge on any atom is -0.496 e. The summed E-state index contributed by atoms with van der Waals surface area (Å²) in [5.74, 6) is 1.75. The molecule has 18 heavy (non-hydrogen) atoms. The Kier molecular flexibility index (Phi) is 4.25. The Morgan fingerprint density at radius 3 is 2.61 bits per heavy atom. The van der Waals surface area contributed by atoms with Gasteiger partial charge in [-0.05, 0) is 30.7 Å². The van der Waals surface area contributed by atoms with Gasteiger partial charge >= 0.3 is 0 Å². The van der Waals surface area contributed by atoms with Gasteiger partial charge in [0.05, 0.1) is 13.2 Å². The zero-order valence-corrected chi connectivity index (χ0v) is 11.2. The Balaban J connectivity index is 2.20. The first-order valence-electron chi connectivity index (χ1n) is 6.70. The number of para-hydroxylation sites is 1. The maximum absolute atomic E-state index is 10.5. The van der Waals surface area contributed by atoms with E-state index >= 15 is 0 Å². The van der Waals surface area contributed by atoms with E-state index in [1.807, 2.05) is 24.3 Å². The molecule has 1 aromatic carbocycles. The van der Waals surface area contributed by atoms with Gasteiger partial charge in [0.25, 0.3) is 0 Å². The monoisotopic (exact) mass is 249 g/mol. The maximum Gasteiger partial charge on any atom is 0.122 e. The normalized spacial score (nSPS) is 20.2. The Bertz CT molecular complexity index is 390. The summed E-state index contributed by atoms with van der Waals surface area (Å²) in [4.78, 5) is 0. The van der Waals surface area contributed by atoms with Crippen LogP contribution in [-0.2, 0) is 0 Å². The molecule has 1 aliphatic carbocycles. The zero-order chi connectivity index (χ0) is 13.1. The fraction of sp³-hybridized carbons (Fsp3) is 0.600. The number of aliphatic hydroxyl groups is 1. The van der Waals surface area contributed by atoms with Gasteiger partial charge in [-0.2, -0.15) is 0 Å². The van der Waals surface area contributed by atoms with Crippen molar-refractivity contribution in [3.8, 4) is 5.75 Å². The van der Waals surface area contributed by atoms with Crippen molar-refractivity contribution in [2.75, 3.05) is 13.7 Å². The molecule has 0 saturated heterocycles. The first-order chi connectivity index (χ1) is 8.69. The van der Waals surface area contributed by atoms with Gasteiger partial charge in [0, 0.05) is 18.0 Å². The Morgan fingerprint density at radius 1 is 1.39 bits per heavy atom. The maximum atomic E-state index is 10.5. The second-order valence-electron chi connectivity index (χ2n) is 5.27. The van der Waals surface area contributed by atoms with Crippen LogP contribution < -0.4 is 10.5 Å². The average molecular weight is 249 g/mol. The average Bonchev–Trinajstić information content (AvgIpc) is 3.23. The van der Waals surface area contributed by atoms with Crippen LogP contribution in [0.1, 0.15) is 31.2 Å². The van der Waals surface area contributed by atoms with E-state index in [2.05, 4.69) is 6.92 Å². The van der Waals surface area contributed by atoms with Crippen molar-refractivity contribution in [1.29, 1.82) is 0 Å². The van der Waals surface area contributed by atoms with Crippen molar-refractivity contribution in [3.05, 3.63) is 29.8 Å². The molecule has 1 aromatic rings. The molecule has 100 valence electrons. The lowest BCUT2D eigenvalue weighted by atomic mass is 9.84. The highest BCUT2D eigenvalue weighted by atomic mass is 16.5. The van der Waals surface area contributed by atoms with Crippen molar-refractivity contribution in [2.45, 2.75) is 31.8 Å². The molecule has 1 aliphatic rings. The molecule has 0 bridgehead atoms. The number of hydrogen-bond acceptors (Lipinski definition) is 3. The fourth-order valence-electron chi connectivity index (χ4n) is 2.69. The standard InChI is InChI=1S/C15H23NO2/c1-10(11-7-8-11)15(17)13(9-16)12-5-3-4-6-14(12)18-2/h3-6,10-11,13,15,17H,7-9,16H2,1-2H3. The van der Waals surface area contributed by atoms with Crippen molar-refractivity contribution >= 4 is 0 Å². The highest BCUT2D eigenvalue weighted by Gasteiger charge is 2.36. The minimum absolute atomic E-state index is 0.0447. The van der Waals surface area contributed by atoms with E-state index < -0.39 is 6.10 Å². The summed E-state index contributed by atoms with van der Waals surface area (Å²) in [6.45, 7) is 2.57. The van der Waals surface area contributed by atoms with Crippen molar-refractivity contribution in [2.24, 2.45) is 17.6 Å². The van der Waals surface area contributed by atoms with Crippen LogP contribution in [0.4, 0.5) is 0 Å². The molecule has 3 N–H and O–H groups in total. The van der Waals surface area contributed by atoms with Gasteiger partial charge in [0.2, 0.25) is 0 Å². The van der Waals surface area contributed by atoms with Crippen LogP contribution in [0.3, 0.4) is 0 Å². The van der Waals surface area contributed by atoms with Gasteiger partial charge < -0.3 is 15.6 Å². The van der Waals surface area contributed by atoms with Crippen LogP contribution in [0.15, 0.2) is 24.3 Å². The van der Waals surface area contributed by atoms with Crippen molar-refractivity contribution in [3.63, 3.8) is 0 Å².